The van der Waals surface area contributed by atoms with E-state index in [-0.39, 0.29) is 11.9 Å². The van der Waals surface area contributed by atoms with Gasteiger partial charge in [0.25, 0.3) is 11.7 Å². The molecule has 0 unspecified atom stereocenters. The fraction of sp³-hybridized carbons (Fsp3) is 0.304. The summed E-state index contributed by atoms with van der Waals surface area (Å²) in [6.07, 6.45) is 4.30. The number of para-hydroxylation sites is 1. The van der Waals surface area contributed by atoms with Crippen molar-refractivity contribution in [3.63, 3.8) is 0 Å². The zero-order valence-electron chi connectivity index (χ0n) is 16.0. The first kappa shape index (κ1) is 17.5. The first-order chi connectivity index (χ1) is 13.1. The van der Waals surface area contributed by atoms with Gasteiger partial charge in [0.2, 0.25) is 0 Å². The lowest BCUT2D eigenvalue weighted by Gasteiger charge is -2.26. The molecular weight excluding hydrogens is 334 g/mol. The fourth-order valence-electron chi connectivity index (χ4n) is 4.03. The van der Waals surface area contributed by atoms with E-state index < -0.39 is 0 Å². The smallest absolute Gasteiger partial charge is 0.269 e. The van der Waals surface area contributed by atoms with Crippen molar-refractivity contribution in [2.24, 2.45) is 0 Å². The van der Waals surface area contributed by atoms with Gasteiger partial charge in [0.1, 0.15) is 6.20 Å². The summed E-state index contributed by atoms with van der Waals surface area (Å²) in [6.45, 7) is 5.52. The van der Waals surface area contributed by atoms with Crippen molar-refractivity contribution in [2.45, 2.75) is 45.8 Å². The lowest BCUT2D eigenvalue weighted by atomic mass is 10.2. The average Bonchev–Trinajstić information content (AvgIpc) is 3.27. The third-order valence-corrected chi connectivity index (χ3v) is 5.19. The summed E-state index contributed by atoms with van der Waals surface area (Å²) < 4.78 is 4.51. The Bertz CT molecular complexity index is 929. The number of aromatic nitrogens is 2. The first-order valence-electron chi connectivity index (χ1n) is 9.69. The van der Waals surface area contributed by atoms with Gasteiger partial charge in [0.05, 0.1) is 13.0 Å². The molecule has 3 aromatic rings. The second-order valence-corrected chi connectivity index (χ2v) is 7.37. The van der Waals surface area contributed by atoms with Gasteiger partial charge in [-0.05, 0) is 32.4 Å². The Morgan fingerprint density at radius 1 is 1.07 bits per heavy atom. The largest absolute Gasteiger partial charge is 0.307 e. The maximum atomic E-state index is 13.2. The quantitative estimate of drug-likeness (QED) is 0.636. The molecular formula is C23H26N3O+. The topological polar surface area (TPSA) is 29.1 Å². The van der Waals surface area contributed by atoms with Crippen LogP contribution in [-0.2, 0) is 24.3 Å². The molecule has 1 aromatic heterocycles. The lowest BCUT2D eigenvalue weighted by Crippen LogP contribution is -2.48. The van der Waals surface area contributed by atoms with Crippen molar-refractivity contribution in [3.05, 3.63) is 72.7 Å². The van der Waals surface area contributed by atoms with Crippen LogP contribution in [0.2, 0.25) is 0 Å². The third-order valence-electron chi connectivity index (χ3n) is 5.19. The van der Waals surface area contributed by atoms with Gasteiger partial charge in [-0.3, -0.25) is 4.79 Å². The first-order valence-corrected chi connectivity index (χ1v) is 9.69. The Kier molecular flexibility index (Phi) is 4.80. The number of benzene rings is 2. The van der Waals surface area contributed by atoms with Crippen molar-refractivity contribution in [1.29, 1.82) is 0 Å². The van der Waals surface area contributed by atoms with E-state index in [0.29, 0.717) is 6.54 Å². The SMILES string of the molecule is CC(C)N(C(=O)C[n+]1cc(-c2ccccc2)n2c1CCC2)c1ccccc1. The Morgan fingerprint density at radius 3 is 2.41 bits per heavy atom. The molecule has 0 saturated carbocycles. The molecule has 0 saturated heterocycles. The summed E-state index contributed by atoms with van der Waals surface area (Å²) in [4.78, 5) is 15.1. The van der Waals surface area contributed by atoms with E-state index in [1.807, 2.05) is 41.3 Å². The summed E-state index contributed by atoms with van der Waals surface area (Å²) in [6, 6.07) is 20.5. The number of hydrogen-bond acceptors (Lipinski definition) is 1. The summed E-state index contributed by atoms with van der Waals surface area (Å²) in [5, 5.41) is 0. The van der Waals surface area contributed by atoms with Crippen LogP contribution in [-0.4, -0.2) is 16.5 Å². The van der Waals surface area contributed by atoms with Crippen LogP contribution in [0, 0.1) is 0 Å². The summed E-state index contributed by atoms with van der Waals surface area (Å²) in [7, 11) is 0. The number of carbonyl (C=O) groups excluding carboxylic acids is 1. The Morgan fingerprint density at radius 2 is 1.74 bits per heavy atom. The number of nitrogens with zero attached hydrogens (tertiary/aromatic N) is 3. The summed E-state index contributed by atoms with van der Waals surface area (Å²) in [5.41, 5.74) is 3.36. The molecule has 0 atom stereocenters. The molecule has 0 N–H and O–H groups in total. The number of rotatable bonds is 5. The van der Waals surface area contributed by atoms with E-state index in [9.17, 15) is 4.79 Å². The van der Waals surface area contributed by atoms with E-state index in [4.69, 9.17) is 0 Å². The standard InChI is InChI=1S/C23H26N3O/c1-18(2)26(20-12-7-4-8-13-20)23(27)17-24-16-21(19-10-5-3-6-11-19)25-15-9-14-22(24)25/h3-8,10-13,16,18H,9,14-15,17H2,1-2H3/q+1. The van der Waals surface area contributed by atoms with Crippen LogP contribution in [0.3, 0.4) is 0 Å². The maximum absolute atomic E-state index is 13.2. The maximum Gasteiger partial charge on any atom is 0.269 e. The number of imidazole rings is 1. The second-order valence-electron chi connectivity index (χ2n) is 7.37. The van der Waals surface area contributed by atoms with Crippen LogP contribution in [0.4, 0.5) is 5.69 Å². The number of carbonyl (C=O) groups is 1. The minimum atomic E-state index is 0.116. The predicted molar refractivity (Wildman–Crippen MR) is 107 cm³/mol. The van der Waals surface area contributed by atoms with E-state index in [0.717, 1.165) is 25.1 Å². The van der Waals surface area contributed by atoms with Crippen LogP contribution in [0.5, 0.6) is 0 Å². The Hall–Kier alpha value is -2.88. The van der Waals surface area contributed by atoms with Crippen LogP contribution in [0.1, 0.15) is 26.1 Å². The minimum absolute atomic E-state index is 0.116. The Labute approximate surface area is 160 Å². The van der Waals surface area contributed by atoms with Gasteiger partial charge in [-0.25, -0.2) is 9.13 Å². The van der Waals surface area contributed by atoms with Crippen molar-refractivity contribution in [1.82, 2.24) is 4.57 Å². The van der Waals surface area contributed by atoms with Gasteiger partial charge in [-0.1, -0.05) is 48.5 Å². The molecule has 0 aliphatic carbocycles. The molecule has 1 amide bonds. The van der Waals surface area contributed by atoms with Crippen LogP contribution in [0.25, 0.3) is 11.3 Å². The van der Waals surface area contributed by atoms with Crippen molar-refractivity contribution in [3.8, 4) is 11.3 Å². The molecule has 2 heterocycles. The third kappa shape index (κ3) is 3.39. The van der Waals surface area contributed by atoms with Crippen LogP contribution >= 0.6 is 0 Å². The van der Waals surface area contributed by atoms with Gasteiger partial charge in [0, 0.05) is 17.3 Å². The molecule has 0 radical (unpaired) electrons. The summed E-state index contributed by atoms with van der Waals surface area (Å²) in [5.74, 6) is 1.38. The highest BCUT2D eigenvalue weighted by Crippen LogP contribution is 2.25. The number of fused-ring (bicyclic) bond motifs is 1. The van der Waals surface area contributed by atoms with Gasteiger partial charge in [0.15, 0.2) is 12.2 Å². The van der Waals surface area contributed by atoms with Gasteiger partial charge < -0.3 is 4.90 Å². The van der Waals surface area contributed by atoms with E-state index >= 15 is 0 Å². The molecule has 1 aliphatic rings. The number of anilines is 1. The monoisotopic (exact) mass is 360 g/mol. The molecule has 4 nitrogen and oxygen atoms in total. The molecule has 0 bridgehead atoms. The number of amides is 1. The van der Waals surface area contributed by atoms with Gasteiger partial charge in [-0.15, -0.1) is 0 Å². The minimum Gasteiger partial charge on any atom is -0.307 e. The molecule has 1 aliphatic heterocycles. The molecule has 0 fully saturated rings. The van der Waals surface area contributed by atoms with Gasteiger partial charge >= 0.3 is 0 Å². The second kappa shape index (κ2) is 7.39. The van der Waals surface area contributed by atoms with Crippen LogP contribution in [0.15, 0.2) is 66.9 Å². The molecule has 0 spiro atoms. The van der Waals surface area contributed by atoms with Crippen molar-refractivity contribution in [2.75, 3.05) is 4.90 Å². The molecule has 4 heteroatoms. The van der Waals surface area contributed by atoms with Crippen molar-refractivity contribution < 1.29 is 9.36 Å². The van der Waals surface area contributed by atoms with E-state index in [1.165, 1.54) is 17.1 Å². The van der Waals surface area contributed by atoms with Gasteiger partial charge in [-0.2, -0.15) is 0 Å². The highest BCUT2D eigenvalue weighted by Gasteiger charge is 2.31. The highest BCUT2D eigenvalue weighted by atomic mass is 16.2. The van der Waals surface area contributed by atoms with Crippen LogP contribution < -0.4 is 9.47 Å². The van der Waals surface area contributed by atoms with E-state index in [2.05, 4.69) is 53.4 Å². The summed E-state index contributed by atoms with van der Waals surface area (Å²) >= 11 is 0. The molecule has 4 rings (SSSR count). The van der Waals surface area contributed by atoms with E-state index in [1.54, 1.807) is 0 Å². The zero-order valence-corrected chi connectivity index (χ0v) is 16.0. The molecule has 138 valence electrons. The molecule has 2 aromatic carbocycles. The predicted octanol–water partition coefficient (Wildman–Crippen LogP) is 3.83. The Balaban J connectivity index is 1.66. The van der Waals surface area contributed by atoms with Crippen molar-refractivity contribution >= 4 is 11.6 Å². The lowest BCUT2D eigenvalue weighted by molar-refractivity contribution is -0.690. The average molecular weight is 360 g/mol. The zero-order chi connectivity index (χ0) is 18.8. The normalized spacial score (nSPS) is 13.0. The number of hydrogen-bond donors (Lipinski definition) is 0. The fourth-order valence-corrected chi connectivity index (χ4v) is 4.03. The highest BCUT2D eigenvalue weighted by molar-refractivity contribution is 5.92. The molecule has 27 heavy (non-hydrogen) atoms.